The second-order valence-electron chi connectivity index (χ2n) is 9.90. The van der Waals surface area contributed by atoms with E-state index in [0.717, 1.165) is 37.3 Å². The first-order valence-electron chi connectivity index (χ1n) is 11.7. The topological polar surface area (TPSA) is 120 Å². The van der Waals surface area contributed by atoms with Crippen molar-refractivity contribution in [3.63, 3.8) is 0 Å². The standard InChI is InChI=1S/C21H28N8O4/c1-24-18(12-3-4-12)22-28(20(24)32)10-16(30)26-8-15-7-14(26)9-27(15)17(31)11-29-21(33)25(2)19(23-29)13-5-6-13/h12-15H,3-11H2,1-2H3/t14-,15-/m0/s1. The molecule has 2 atom stereocenters. The highest BCUT2D eigenvalue weighted by atomic mass is 16.2. The van der Waals surface area contributed by atoms with E-state index in [0.29, 0.717) is 31.3 Å². The van der Waals surface area contributed by atoms with Gasteiger partial charge in [0.05, 0.1) is 12.1 Å². The average molecular weight is 457 g/mol. The third kappa shape index (κ3) is 3.34. The molecule has 0 radical (unpaired) electrons. The van der Waals surface area contributed by atoms with Crippen molar-refractivity contribution in [2.75, 3.05) is 13.1 Å². The molecular weight excluding hydrogens is 428 g/mol. The van der Waals surface area contributed by atoms with Gasteiger partial charge in [0.2, 0.25) is 11.8 Å². The van der Waals surface area contributed by atoms with Crippen molar-refractivity contribution in [1.82, 2.24) is 38.5 Å². The molecule has 4 heterocycles. The fourth-order valence-corrected chi connectivity index (χ4v) is 5.33. The second-order valence-corrected chi connectivity index (χ2v) is 9.90. The molecule has 12 nitrogen and oxygen atoms in total. The van der Waals surface area contributed by atoms with Crippen LogP contribution in [0.3, 0.4) is 0 Å². The lowest BCUT2D eigenvalue weighted by atomic mass is 10.2. The molecule has 6 rings (SSSR count). The number of nitrogens with zero attached hydrogens (tertiary/aromatic N) is 8. The van der Waals surface area contributed by atoms with Crippen LogP contribution in [0.25, 0.3) is 0 Å². The van der Waals surface area contributed by atoms with Gasteiger partial charge in [-0.2, -0.15) is 10.2 Å². The van der Waals surface area contributed by atoms with Crippen LogP contribution in [0.4, 0.5) is 0 Å². The first-order valence-corrected chi connectivity index (χ1v) is 11.7. The Hall–Kier alpha value is -3.18. The molecule has 2 saturated carbocycles. The Labute approximate surface area is 189 Å². The van der Waals surface area contributed by atoms with Crippen LogP contribution < -0.4 is 11.4 Å². The zero-order valence-corrected chi connectivity index (χ0v) is 18.9. The molecule has 2 aromatic heterocycles. The van der Waals surface area contributed by atoms with Crippen LogP contribution in [0.1, 0.15) is 55.6 Å². The summed E-state index contributed by atoms with van der Waals surface area (Å²) in [6.07, 6.45) is 4.84. The van der Waals surface area contributed by atoms with Gasteiger partial charge in [0, 0.05) is 39.0 Å². The van der Waals surface area contributed by atoms with Crippen LogP contribution in [0, 0.1) is 0 Å². The van der Waals surface area contributed by atoms with E-state index in [1.54, 1.807) is 23.9 Å². The quantitative estimate of drug-likeness (QED) is 0.535. The van der Waals surface area contributed by atoms with E-state index in [-0.39, 0.29) is 48.4 Å². The number of rotatable bonds is 6. The summed E-state index contributed by atoms with van der Waals surface area (Å²) in [6, 6.07) is -0.146. The Morgan fingerprint density at radius 1 is 0.758 bits per heavy atom. The summed E-state index contributed by atoms with van der Waals surface area (Å²) < 4.78 is 5.59. The average Bonchev–Trinajstić information content (AvgIpc) is 3.71. The van der Waals surface area contributed by atoms with E-state index in [1.807, 2.05) is 0 Å². The maximum atomic E-state index is 12.9. The normalized spacial score (nSPS) is 24.2. The predicted molar refractivity (Wildman–Crippen MR) is 115 cm³/mol. The number of fused-ring (bicyclic) bond motifs is 2. The molecule has 176 valence electrons. The third-order valence-corrected chi connectivity index (χ3v) is 7.49. The summed E-state index contributed by atoms with van der Waals surface area (Å²) in [4.78, 5) is 54.3. The lowest BCUT2D eigenvalue weighted by molar-refractivity contribution is -0.140. The summed E-state index contributed by atoms with van der Waals surface area (Å²) in [5, 5.41) is 8.77. The molecule has 2 saturated heterocycles. The molecule has 4 fully saturated rings. The first kappa shape index (κ1) is 20.4. The van der Waals surface area contributed by atoms with Gasteiger partial charge in [-0.15, -0.1) is 0 Å². The van der Waals surface area contributed by atoms with E-state index in [1.165, 1.54) is 18.5 Å². The summed E-state index contributed by atoms with van der Waals surface area (Å²) >= 11 is 0. The van der Waals surface area contributed by atoms with Gasteiger partial charge in [-0.05, 0) is 32.1 Å². The highest BCUT2D eigenvalue weighted by Crippen LogP contribution is 2.39. The number of carbonyl (C=O) groups excluding carboxylic acids is 2. The largest absolute Gasteiger partial charge is 0.346 e. The van der Waals surface area contributed by atoms with E-state index >= 15 is 0 Å². The van der Waals surface area contributed by atoms with E-state index in [2.05, 4.69) is 10.2 Å². The molecule has 0 unspecified atom stereocenters. The molecular formula is C21H28N8O4. The van der Waals surface area contributed by atoms with Gasteiger partial charge in [-0.25, -0.2) is 19.0 Å². The Kier molecular flexibility index (Phi) is 4.43. The van der Waals surface area contributed by atoms with Crippen LogP contribution in [0.5, 0.6) is 0 Å². The van der Waals surface area contributed by atoms with Crippen LogP contribution in [-0.4, -0.2) is 75.5 Å². The maximum Gasteiger partial charge on any atom is 0.346 e. The summed E-state index contributed by atoms with van der Waals surface area (Å²) in [5.41, 5.74) is -0.532. The third-order valence-electron chi connectivity index (χ3n) is 7.49. The Balaban J connectivity index is 1.10. The Bertz CT molecular complexity index is 1160. The minimum atomic E-state index is -0.266. The zero-order valence-electron chi connectivity index (χ0n) is 18.9. The monoisotopic (exact) mass is 456 g/mol. The van der Waals surface area contributed by atoms with E-state index in [4.69, 9.17) is 0 Å². The van der Waals surface area contributed by atoms with Crippen LogP contribution in [0.15, 0.2) is 9.59 Å². The molecule has 33 heavy (non-hydrogen) atoms. The van der Waals surface area contributed by atoms with Gasteiger partial charge in [0.25, 0.3) is 0 Å². The van der Waals surface area contributed by atoms with E-state index < -0.39 is 0 Å². The van der Waals surface area contributed by atoms with Crippen molar-refractivity contribution in [2.24, 2.45) is 14.1 Å². The summed E-state index contributed by atoms with van der Waals surface area (Å²) in [7, 11) is 3.40. The molecule has 4 aliphatic rings. The fraction of sp³-hybridized carbons (Fsp3) is 0.714. The van der Waals surface area contributed by atoms with Crippen molar-refractivity contribution < 1.29 is 9.59 Å². The second kappa shape index (κ2) is 7.16. The van der Waals surface area contributed by atoms with Gasteiger partial charge >= 0.3 is 11.4 Å². The number of carbonyl (C=O) groups is 2. The van der Waals surface area contributed by atoms with Crippen molar-refractivity contribution >= 4 is 11.8 Å². The predicted octanol–water partition coefficient (Wildman–Crippen LogP) is -1.26. The van der Waals surface area contributed by atoms with E-state index in [9.17, 15) is 19.2 Å². The molecule has 0 spiro atoms. The number of amides is 2. The van der Waals surface area contributed by atoms with Crippen molar-refractivity contribution in [3.8, 4) is 0 Å². The minimum Gasteiger partial charge on any atom is -0.334 e. The minimum absolute atomic E-state index is 0.0729. The van der Waals surface area contributed by atoms with Gasteiger partial charge in [-0.3, -0.25) is 18.7 Å². The van der Waals surface area contributed by atoms with Crippen molar-refractivity contribution in [2.45, 2.75) is 69.1 Å². The summed E-state index contributed by atoms with van der Waals surface area (Å²) in [5.74, 6) is 1.87. The Morgan fingerprint density at radius 2 is 1.15 bits per heavy atom. The lowest BCUT2D eigenvalue weighted by Gasteiger charge is -2.34. The van der Waals surface area contributed by atoms with Gasteiger partial charge in [0.15, 0.2) is 0 Å². The SMILES string of the molecule is Cn1c(C2CC2)nn(CC(=O)N2C[C@@H]3C[C@H]2CN3C(=O)Cn2nc(C3CC3)n(C)c2=O)c1=O. The number of piperazine rings is 1. The van der Waals surface area contributed by atoms with Gasteiger partial charge in [-0.1, -0.05) is 0 Å². The number of hydrogen-bond donors (Lipinski definition) is 0. The molecule has 2 aromatic rings. The summed E-state index contributed by atoms with van der Waals surface area (Å²) in [6.45, 7) is 0.723. The molecule has 12 heteroatoms. The van der Waals surface area contributed by atoms with Gasteiger partial charge < -0.3 is 9.80 Å². The van der Waals surface area contributed by atoms with Crippen LogP contribution in [-0.2, 0) is 36.8 Å². The molecule has 2 aliphatic carbocycles. The first-order chi connectivity index (χ1) is 15.8. The lowest BCUT2D eigenvalue weighted by Crippen LogP contribution is -2.52. The van der Waals surface area contributed by atoms with Gasteiger partial charge in [0.1, 0.15) is 24.7 Å². The molecule has 0 N–H and O–H groups in total. The molecule has 2 bridgehead atoms. The number of aromatic nitrogens is 6. The fourth-order valence-electron chi connectivity index (χ4n) is 5.33. The smallest absolute Gasteiger partial charge is 0.334 e. The number of likely N-dealkylation sites (tertiary alicyclic amines) is 2. The highest BCUT2D eigenvalue weighted by Gasteiger charge is 2.47. The number of hydrogen-bond acceptors (Lipinski definition) is 6. The molecule has 2 amide bonds. The molecule has 0 aromatic carbocycles. The zero-order chi connectivity index (χ0) is 23.0. The van der Waals surface area contributed by atoms with Crippen molar-refractivity contribution in [1.29, 1.82) is 0 Å². The Morgan fingerprint density at radius 3 is 1.48 bits per heavy atom. The van der Waals surface area contributed by atoms with Crippen molar-refractivity contribution in [3.05, 3.63) is 32.6 Å². The highest BCUT2D eigenvalue weighted by molar-refractivity contribution is 5.80. The molecule has 2 aliphatic heterocycles. The van der Waals surface area contributed by atoms with Crippen LogP contribution >= 0.6 is 0 Å². The maximum absolute atomic E-state index is 12.9. The van der Waals surface area contributed by atoms with Crippen LogP contribution in [0.2, 0.25) is 0 Å².